The third-order valence-corrected chi connectivity index (χ3v) is 3.60. The minimum Gasteiger partial charge on any atom is -0.352 e. The molecule has 24 heavy (non-hydrogen) atoms. The normalized spacial score (nSPS) is 10.2. The Balaban J connectivity index is 2.18. The van der Waals surface area contributed by atoms with Gasteiger partial charge >= 0.3 is 6.03 Å². The summed E-state index contributed by atoms with van der Waals surface area (Å²) in [6.07, 6.45) is 0. The van der Waals surface area contributed by atoms with Crippen LogP contribution < -0.4 is 16.0 Å². The summed E-state index contributed by atoms with van der Waals surface area (Å²) < 4.78 is 0. The second-order valence-electron chi connectivity index (χ2n) is 4.79. The number of benzene rings is 2. The number of halogens is 3. The van der Waals surface area contributed by atoms with E-state index in [1.807, 2.05) is 0 Å². The van der Waals surface area contributed by atoms with E-state index in [0.29, 0.717) is 38.6 Å². The summed E-state index contributed by atoms with van der Waals surface area (Å²) in [5.74, 6) is -0.310. The van der Waals surface area contributed by atoms with Crippen LogP contribution in [0.4, 0.5) is 16.2 Å². The average molecular weight is 387 g/mol. The van der Waals surface area contributed by atoms with E-state index in [9.17, 15) is 9.59 Å². The number of carbonyl (C=O) groups excluding carboxylic acids is 2. The maximum Gasteiger partial charge on any atom is 0.323 e. The quantitative estimate of drug-likeness (QED) is 0.689. The lowest BCUT2D eigenvalue weighted by atomic mass is 10.1. The van der Waals surface area contributed by atoms with Gasteiger partial charge in [0.25, 0.3) is 5.91 Å². The Morgan fingerprint density at radius 1 is 0.917 bits per heavy atom. The van der Waals surface area contributed by atoms with Crippen LogP contribution in [0.15, 0.2) is 36.4 Å². The Bertz CT molecular complexity index is 761. The van der Waals surface area contributed by atoms with Crippen molar-refractivity contribution in [3.63, 3.8) is 0 Å². The van der Waals surface area contributed by atoms with Gasteiger partial charge in [0.1, 0.15) is 0 Å². The monoisotopic (exact) mass is 385 g/mol. The summed E-state index contributed by atoms with van der Waals surface area (Å²) in [4.78, 5) is 24.2. The van der Waals surface area contributed by atoms with Gasteiger partial charge in [-0.3, -0.25) is 4.79 Å². The first-order valence-corrected chi connectivity index (χ1v) is 8.14. The SMILES string of the molecule is CCNC(=O)c1ccc(Cl)cc1NC(=O)Nc1cc(Cl)cc(Cl)c1. The zero-order chi connectivity index (χ0) is 17.7. The molecular formula is C16H14Cl3N3O2. The van der Waals surface area contributed by atoms with E-state index in [4.69, 9.17) is 34.8 Å². The smallest absolute Gasteiger partial charge is 0.323 e. The molecule has 3 N–H and O–H groups in total. The zero-order valence-corrected chi connectivity index (χ0v) is 14.9. The van der Waals surface area contributed by atoms with E-state index in [1.165, 1.54) is 6.07 Å². The van der Waals surface area contributed by atoms with Crippen LogP contribution in [0, 0.1) is 0 Å². The summed E-state index contributed by atoms with van der Waals surface area (Å²) in [7, 11) is 0. The molecule has 0 saturated heterocycles. The summed E-state index contributed by atoms with van der Waals surface area (Å²) >= 11 is 17.7. The van der Waals surface area contributed by atoms with Crippen molar-refractivity contribution in [1.29, 1.82) is 0 Å². The van der Waals surface area contributed by atoms with E-state index in [0.717, 1.165) is 0 Å². The van der Waals surface area contributed by atoms with Crippen molar-refractivity contribution >= 4 is 58.1 Å². The molecule has 2 aromatic carbocycles. The molecule has 2 aromatic rings. The molecule has 0 aromatic heterocycles. The van der Waals surface area contributed by atoms with Crippen LogP contribution in [-0.4, -0.2) is 18.5 Å². The van der Waals surface area contributed by atoms with Crippen LogP contribution in [0.2, 0.25) is 15.1 Å². The number of urea groups is 1. The molecule has 126 valence electrons. The second kappa shape index (κ2) is 8.24. The zero-order valence-electron chi connectivity index (χ0n) is 12.6. The lowest BCUT2D eigenvalue weighted by Crippen LogP contribution is -2.26. The van der Waals surface area contributed by atoms with Gasteiger partial charge in [0.2, 0.25) is 0 Å². The Hall–Kier alpha value is -1.95. The number of hydrogen-bond donors (Lipinski definition) is 3. The van der Waals surface area contributed by atoms with Gasteiger partial charge in [0, 0.05) is 27.3 Å². The number of amides is 3. The van der Waals surface area contributed by atoms with Gasteiger partial charge < -0.3 is 16.0 Å². The second-order valence-corrected chi connectivity index (χ2v) is 6.10. The third-order valence-electron chi connectivity index (χ3n) is 2.93. The van der Waals surface area contributed by atoms with Crippen molar-refractivity contribution in [3.05, 3.63) is 57.0 Å². The highest BCUT2D eigenvalue weighted by atomic mass is 35.5. The van der Waals surface area contributed by atoms with Crippen molar-refractivity contribution < 1.29 is 9.59 Å². The van der Waals surface area contributed by atoms with E-state index >= 15 is 0 Å². The Kier molecular flexibility index (Phi) is 6.31. The molecule has 0 heterocycles. The fraction of sp³-hybridized carbons (Fsp3) is 0.125. The molecule has 2 rings (SSSR count). The van der Waals surface area contributed by atoms with Crippen molar-refractivity contribution in [2.45, 2.75) is 6.92 Å². The number of rotatable bonds is 4. The van der Waals surface area contributed by atoms with Crippen molar-refractivity contribution in [1.82, 2.24) is 5.32 Å². The van der Waals surface area contributed by atoms with Gasteiger partial charge in [-0.25, -0.2) is 4.79 Å². The van der Waals surface area contributed by atoms with Crippen LogP contribution in [0.3, 0.4) is 0 Å². The van der Waals surface area contributed by atoms with Gasteiger partial charge in [-0.2, -0.15) is 0 Å². The lowest BCUT2D eigenvalue weighted by Gasteiger charge is -2.12. The fourth-order valence-corrected chi connectivity index (χ4v) is 2.68. The predicted molar refractivity (Wildman–Crippen MR) is 98.6 cm³/mol. The molecule has 0 fully saturated rings. The molecule has 8 heteroatoms. The largest absolute Gasteiger partial charge is 0.352 e. The minimum absolute atomic E-state index is 0.291. The highest BCUT2D eigenvalue weighted by Crippen LogP contribution is 2.24. The Morgan fingerprint density at radius 3 is 2.21 bits per heavy atom. The molecule has 0 bridgehead atoms. The first-order valence-electron chi connectivity index (χ1n) is 7.01. The third kappa shape index (κ3) is 5.03. The van der Waals surface area contributed by atoms with Crippen LogP contribution in [0.25, 0.3) is 0 Å². The summed E-state index contributed by atoms with van der Waals surface area (Å²) in [5, 5.41) is 9.04. The first-order chi connectivity index (χ1) is 11.4. The molecule has 0 spiro atoms. The minimum atomic E-state index is -0.554. The van der Waals surface area contributed by atoms with Gasteiger partial charge in [-0.15, -0.1) is 0 Å². The van der Waals surface area contributed by atoms with Crippen LogP contribution in [0.1, 0.15) is 17.3 Å². The molecule has 0 atom stereocenters. The van der Waals surface area contributed by atoms with Gasteiger partial charge in [-0.05, 0) is 43.3 Å². The Morgan fingerprint density at radius 2 is 1.58 bits per heavy atom. The number of nitrogens with one attached hydrogen (secondary N) is 3. The molecule has 0 aliphatic carbocycles. The van der Waals surface area contributed by atoms with Crippen molar-refractivity contribution in [3.8, 4) is 0 Å². The van der Waals surface area contributed by atoms with E-state index in [2.05, 4.69) is 16.0 Å². The van der Waals surface area contributed by atoms with E-state index in [-0.39, 0.29) is 5.91 Å². The highest BCUT2D eigenvalue weighted by Gasteiger charge is 2.14. The first kappa shape index (κ1) is 18.4. The van der Waals surface area contributed by atoms with Gasteiger partial charge in [0.05, 0.1) is 11.3 Å². The van der Waals surface area contributed by atoms with Crippen LogP contribution >= 0.6 is 34.8 Å². The maximum atomic E-state index is 12.2. The predicted octanol–water partition coefficient (Wildman–Crippen LogP) is 5.04. The standard InChI is InChI=1S/C16H14Cl3N3O2/c1-2-20-15(23)13-4-3-9(17)8-14(13)22-16(24)21-12-6-10(18)5-11(19)7-12/h3-8H,2H2,1H3,(H,20,23)(H2,21,22,24). The summed E-state index contributed by atoms with van der Waals surface area (Å²) in [6, 6.07) is 8.71. The van der Waals surface area contributed by atoms with Gasteiger partial charge in [0.15, 0.2) is 0 Å². The molecule has 0 aliphatic heterocycles. The Labute approximate surface area is 154 Å². The number of hydrogen-bond acceptors (Lipinski definition) is 2. The average Bonchev–Trinajstić information content (AvgIpc) is 2.46. The molecule has 0 radical (unpaired) electrons. The van der Waals surface area contributed by atoms with E-state index in [1.54, 1.807) is 37.3 Å². The molecule has 3 amide bonds. The number of anilines is 2. The van der Waals surface area contributed by atoms with E-state index < -0.39 is 6.03 Å². The van der Waals surface area contributed by atoms with Crippen LogP contribution in [-0.2, 0) is 0 Å². The fourth-order valence-electron chi connectivity index (χ4n) is 1.98. The summed E-state index contributed by atoms with van der Waals surface area (Å²) in [5.41, 5.74) is 1.02. The molecule has 0 unspecified atom stereocenters. The van der Waals surface area contributed by atoms with Crippen LogP contribution in [0.5, 0.6) is 0 Å². The molecule has 0 aliphatic rings. The molecule has 0 saturated carbocycles. The number of carbonyl (C=O) groups is 2. The van der Waals surface area contributed by atoms with Gasteiger partial charge in [-0.1, -0.05) is 34.8 Å². The summed E-state index contributed by atoms with van der Waals surface area (Å²) in [6.45, 7) is 2.27. The van der Waals surface area contributed by atoms with Crippen molar-refractivity contribution in [2.75, 3.05) is 17.2 Å². The highest BCUT2D eigenvalue weighted by molar-refractivity contribution is 6.35. The topological polar surface area (TPSA) is 70.2 Å². The molecule has 5 nitrogen and oxygen atoms in total. The molecular weight excluding hydrogens is 373 g/mol. The maximum absolute atomic E-state index is 12.2. The lowest BCUT2D eigenvalue weighted by molar-refractivity contribution is 0.0956. The van der Waals surface area contributed by atoms with Crippen molar-refractivity contribution in [2.24, 2.45) is 0 Å².